The van der Waals surface area contributed by atoms with Crippen LogP contribution in [0.3, 0.4) is 0 Å². The van der Waals surface area contributed by atoms with E-state index in [9.17, 15) is 0 Å². The van der Waals surface area contributed by atoms with Crippen LogP contribution in [0.4, 0.5) is 5.69 Å². The van der Waals surface area contributed by atoms with Crippen LogP contribution < -0.4 is 15.4 Å². The molecule has 0 aromatic heterocycles. The minimum atomic E-state index is 0.584. The summed E-state index contributed by atoms with van der Waals surface area (Å²) in [7, 11) is 3.91. The number of hydrogen-bond donors (Lipinski definition) is 1. The fourth-order valence-electron chi connectivity index (χ4n) is 4.25. The third kappa shape index (κ3) is 2.51. The summed E-state index contributed by atoms with van der Waals surface area (Å²) >= 11 is 0. The summed E-state index contributed by atoms with van der Waals surface area (Å²) in [5, 5.41) is 0. The van der Waals surface area contributed by atoms with E-state index < -0.39 is 0 Å². The number of nitrogens with zero attached hydrogens (tertiary/aromatic N) is 1. The normalized spacial score (nSPS) is 27.9. The van der Waals surface area contributed by atoms with E-state index in [-0.39, 0.29) is 0 Å². The van der Waals surface area contributed by atoms with E-state index in [1.165, 1.54) is 36.9 Å². The van der Waals surface area contributed by atoms with Gasteiger partial charge in [0.05, 0.1) is 7.11 Å². The van der Waals surface area contributed by atoms with Gasteiger partial charge in [-0.2, -0.15) is 0 Å². The molecule has 2 aliphatic rings. The van der Waals surface area contributed by atoms with Gasteiger partial charge in [-0.05, 0) is 48.6 Å². The number of benzene rings is 1. The van der Waals surface area contributed by atoms with Crippen LogP contribution in [0, 0.1) is 17.8 Å². The number of ether oxygens (including phenoxy) is 1. The van der Waals surface area contributed by atoms with Gasteiger partial charge in [0.2, 0.25) is 0 Å². The molecule has 0 spiro atoms. The van der Waals surface area contributed by atoms with Crippen molar-refractivity contribution in [1.82, 2.24) is 0 Å². The van der Waals surface area contributed by atoms with Gasteiger partial charge in [-0.25, -0.2) is 0 Å². The van der Waals surface area contributed by atoms with E-state index in [1.807, 2.05) is 6.07 Å². The summed E-state index contributed by atoms with van der Waals surface area (Å²) in [4.78, 5) is 2.39. The van der Waals surface area contributed by atoms with E-state index >= 15 is 0 Å². The molecule has 2 fully saturated rings. The highest BCUT2D eigenvalue weighted by molar-refractivity contribution is 5.57. The fourth-order valence-corrected chi connectivity index (χ4v) is 4.25. The highest BCUT2D eigenvalue weighted by atomic mass is 16.5. The van der Waals surface area contributed by atoms with Crippen molar-refractivity contribution in [3.05, 3.63) is 23.8 Å². The molecule has 0 amide bonds. The van der Waals surface area contributed by atoms with Crippen LogP contribution in [0.1, 0.15) is 31.2 Å². The Hall–Kier alpha value is -1.22. The molecule has 0 radical (unpaired) electrons. The van der Waals surface area contributed by atoms with Crippen molar-refractivity contribution in [2.24, 2.45) is 23.5 Å². The van der Waals surface area contributed by atoms with Gasteiger partial charge >= 0.3 is 0 Å². The summed E-state index contributed by atoms with van der Waals surface area (Å²) in [5.74, 6) is 3.76. The first kappa shape index (κ1) is 13.7. The van der Waals surface area contributed by atoms with Crippen LogP contribution in [0.25, 0.3) is 0 Å². The Morgan fingerprint density at radius 2 is 2.15 bits per heavy atom. The molecule has 2 N–H and O–H groups in total. The fraction of sp³-hybridized carbons (Fsp3) is 0.647. The molecule has 2 aliphatic carbocycles. The van der Waals surface area contributed by atoms with Gasteiger partial charge in [0.1, 0.15) is 5.75 Å². The SMILES string of the molecule is COc1ccc(CN)c(N(C)CC2CC3CCC2C3)c1. The number of anilines is 1. The average molecular weight is 274 g/mol. The Bertz CT molecular complexity index is 474. The number of rotatable bonds is 5. The van der Waals surface area contributed by atoms with Crippen LogP contribution >= 0.6 is 0 Å². The second-order valence-electron chi connectivity index (χ2n) is 6.51. The number of fused-ring (bicyclic) bond motifs is 2. The first-order chi connectivity index (χ1) is 9.71. The maximum absolute atomic E-state index is 5.88. The third-order valence-electron chi connectivity index (χ3n) is 5.32. The molecular formula is C17H26N2O. The monoisotopic (exact) mass is 274 g/mol. The minimum Gasteiger partial charge on any atom is -0.497 e. The lowest BCUT2D eigenvalue weighted by Crippen LogP contribution is -2.29. The maximum atomic E-state index is 5.88. The van der Waals surface area contributed by atoms with Gasteiger partial charge in [-0.3, -0.25) is 0 Å². The minimum absolute atomic E-state index is 0.584. The molecule has 3 unspecified atom stereocenters. The largest absolute Gasteiger partial charge is 0.497 e. The van der Waals surface area contributed by atoms with E-state index in [1.54, 1.807) is 7.11 Å². The quantitative estimate of drug-likeness (QED) is 0.897. The van der Waals surface area contributed by atoms with Crippen molar-refractivity contribution in [3.8, 4) is 5.75 Å². The van der Waals surface area contributed by atoms with Crippen LogP contribution in [-0.4, -0.2) is 20.7 Å². The van der Waals surface area contributed by atoms with Gasteiger partial charge in [0.15, 0.2) is 0 Å². The van der Waals surface area contributed by atoms with Crippen molar-refractivity contribution >= 4 is 5.69 Å². The van der Waals surface area contributed by atoms with E-state index in [4.69, 9.17) is 10.5 Å². The number of hydrogen-bond acceptors (Lipinski definition) is 3. The molecule has 20 heavy (non-hydrogen) atoms. The molecule has 3 nitrogen and oxygen atoms in total. The molecule has 3 heteroatoms. The lowest BCUT2D eigenvalue weighted by Gasteiger charge is -2.30. The first-order valence-electron chi connectivity index (χ1n) is 7.79. The smallest absolute Gasteiger partial charge is 0.120 e. The zero-order valence-electron chi connectivity index (χ0n) is 12.6. The summed E-state index contributed by atoms with van der Waals surface area (Å²) in [5.41, 5.74) is 8.32. The zero-order chi connectivity index (χ0) is 14.1. The van der Waals surface area contributed by atoms with E-state index in [0.717, 1.165) is 30.0 Å². The molecule has 0 heterocycles. The van der Waals surface area contributed by atoms with Crippen LogP contribution in [-0.2, 0) is 6.54 Å². The van der Waals surface area contributed by atoms with Crippen LogP contribution in [0.15, 0.2) is 18.2 Å². The molecule has 3 rings (SSSR count). The standard InChI is InChI=1S/C17H26N2O/c1-19(11-15-8-12-3-4-13(15)7-12)17-9-16(20-2)6-5-14(17)10-18/h5-6,9,12-13,15H,3-4,7-8,10-11,18H2,1-2H3. The van der Waals surface area contributed by atoms with Crippen molar-refractivity contribution in [2.45, 2.75) is 32.2 Å². The zero-order valence-corrected chi connectivity index (χ0v) is 12.6. The lowest BCUT2D eigenvalue weighted by atomic mass is 9.88. The van der Waals surface area contributed by atoms with Gasteiger partial charge in [-0.1, -0.05) is 12.5 Å². The van der Waals surface area contributed by atoms with Crippen LogP contribution in [0.2, 0.25) is 0 Å². The molecule has 0 aliphatic heterocycles. The van der Waals surface area contributed by atoms with E-state index in [2.05, 4.69) is 24.1 Å². The predicted molar refractivity (Wildman–Crippen MR) is 83.1 cm³/mol. The second kappa shape index (κ2) is 5.65. The van der Waals surface area contributed by atoms with E-state index in [0.29, 0.717) is 6.54 Å². The van der Waals surface area contributed by atoms with Crippen molar-refractivity contribution in [2.75, 3.05) is 25.6 Å². The first-order valence-corrected chi connectivity index (χ1v) is 7.79. The Balaban J connectivity index is 1.74. The predicted octanol–water partition coefficient (Wildman–Crippen LogP) is 3.03. The van der Waals surface area contributed by atoms with Gasteiger partial charge in [-0.15, -0.1) is 0 Å². The van der Waals surface area contributed by atoms with Crippen molar-refractivity contribution in [3.63, 3.8) is 0 Å². The summed E-state index contributed by atoms with van der Waals surface area (Å²) in [6, 6.07) is 6.21. The highest BCUT2D eigenvalue weighted by Crippen LogP contribution is 2.48. The van der Waals surface area contributed by atoms with Gasteiger partial charge < -0.3 is 15.4 Å². The molecule has 110 valence electrons. The molecule has 0 saturated heterocycles. The summed E-state index contributed by atoms with van der Waals surface area (Å²) in [6.45, 7) is 1.74. The molecule has 1 aromatic carbocycles. The Labute approximate surface area is 122 Å². The molecular weight excluding hydrogens is 248 g/mol. The maximum Gasteiger partial charge on any atom is 0.120 e. The van der Waals surface area contributed by atoms with Crippen LogP contribution in [0.5, 0.6) is 5.75 Å². The van der Waals surface area contributed by atoms with Crippen molar-refractivity contribution in [1.29, 1.82) is 0 Å². The lowest BCUT2D eigenvalue weighted by molar-refractivity contribution is 0.337. The van der Waals surface area contributed by atoms with Gasteiger partial charge in [0.25, 0.3) is 0 Å². The summed E-state index contributed by atoms with van der Waals surface area (Å²) in [6.07, 6.45) is 5.82. The highest BCUT2D eigenvalue weighted by Gasteiger charge is 2.39. The van der Waals surface area contributed by atoms with Gasteiger partial charge in [0, 0.05) is 31.9 Å². The topological polar surface area (TPSA) is 38.5 Å². The molecule has 1 aromatic rings. The second-order valence-corrected chi connectivity index (χ2v) is 6.51. The number of nitrogens with two attached hydrogens (primary N) is 1. The van der Waals surface area contributed by atoms with Crippen molar-refractivity contribution < 1.29 is 4.74 Å². The Kier molecular flexibility index (Phi) is 3.88. The molecule has 2 saturated carbocycles. The third-order valence-corrected chi connectivity index (χ3v) is 5.32. The number of methoxy groups -OCH3 is 1. The summed E-state index contributed by atoms with van der Waals surface area (Å²) < 4.78 is 5.36. The Morgan fingerprint density at radius 3 is 2.75 bits per heavy atom. The molecule has 2 bridgehead atoms. The Morgan fingerprint density at radius 1 is 1.30 bits per heavy atom. The average Bonchev–Trinajstić information content (AvgIpc) is 3.09. The molecule has 3 atom stereocenters.